The number of benzene rings is 2. The summed E-state index contributed by atoms with van der Waals surface area (Å²) in [5, 5.41) is 8.45. The van der Waals surface area contributed by atoms with Crippen LogP contribution in [0.25, 0.3) is 33.3 Å². The van der Waals surface area contributed by atoms with Crippen LogP contribution in [0, 0.1) is 13.8 Å². The molecule has 3 N–H and O–H groups in total. The first-order valence-corrected chi connectivity index (χ1v) is 16.4. The first kappa shape index (κ1) is 33.0. The van der Waals surface area contributed by atoms with Crippen molar-refractivity contribution in [2.45, 2.75) is 51.6 Å². The number of hydrogen-bond acceptors (Lipinski definition) is 10. The Bertz CT molecular complexity index is 2180. The normalized spacial score (nSPS) is 16.4. The molecule has 1 aliphatic rings. The van der Waals surface area contributed by atoms with Crippen molar-refractivity contribution in [2.75, 3.05) is 30.0 Å². The second-order valence-corrected chi connectivity index (χ2v) is 13.1. The molecule has 0 radical (unpaired) electrons. The van der Waals surface area contributed by atoms with Gasteiger partial charge in [-0.2, -0.15) is 5.10 Å². The van der Waals surface area contributed by atoms with Gasteiger partial charge in [0.05, 0.1) is 47.7 Å². The van der Waals surface area contributed by atoms with Crippen molar-refractivity contribution in [1.29, 1.82) is 0 Å². The number of ether oxygens (including phenoxy) is 1. The third-order valence-electron chi connectivity index (χ3n) is 9.32. The van der Waals surface area contributed by atoms with Gasteiger partial charge in [0.25, 0.3) is 0 Å². The number of nitrogens with two attached hydrogens (primary N) is 1. The number of piperidine rings is 1. The van der Waals surface area contributed by atoms with Gasteiger partial charge in [-0.3, -0.25) is 9.67 Å². The minimum Gasteiger partial charge on any atom is -0.441 e. The number of alkyl halides is 2. The number of rotatable bonds is 10. The summed E-state index contributed by atoms with van der Waals surface area (Å²) in [5.74, 6) is -0.0440. The van der Waals surface area contributed by atoms with E-state index in [1.165, 1.54) is 6.33 Å². The van der Waals surface area contributed by atoms with Crippen molar-refractivity contribution in [3.8, 4) is 11.3 Å². The van der Waals surface area contributed by atoms with Crippen LogP contribution in [0.4, 0.5) is 20.3 Å². The second kappa shape index (κ2) is 13.4. The topological polar surface area (TPSA) is 142 Å². The number of fused-ring (bicyclic) bond motifs is 2. The van der Waals surface area contributed by atoms with Gasteiger partial charge in [-0.05, 0) is 68.1 Å². The van der Waals surface area contributed by atoms with Gasteiger partial charge < -0.3 is 25.3 Å². The maximum absolute atomic E-state index is 13.5. The summed E-state index contributed by atoms with van der Waals surface area (Å²) in [5.41, 5.74) is 13.6. The first-order valence-electron chi connectivity index (χ1n) is 16.4. The molecule has 14 heteroatoms. The minimum absolute atomic E-state index is 0.113. The molecule has 6 aromatic rings. The van der Waals surface area contributed by atoms with E-state index in [2.05, 4.69) is 42.4 Å². The Morgan fingerprint density at radius 2 is 1.90 bits per heavy atom. The van der Waals surface area contributed by atoms with Crippen LogP contribution in [-0.4, -0.2) is 72.0 Å². The van der Waals surface area contributed by atoms with Gasteiger partial charge in [0.2, 0.25) is 6.43 Å². The third-order valence-corrected chi connectivity index (χ3v) is 9.32. The monoisotopic (exact) mass is 680 g/mol. The van der Waals surface area contributed by atoms with Crippen molar-refractivity contribution in [2.24, 2.45) is 12.8 Å². The molecule has 0 amide bonds. The van der Waals surface area contributed by atoms with E-state index in [1.54, 1.807) is 18.5 Å². The van der Waals surface area contributed by atoms with Crippen LogP contribution in [0.3, 0.4) is 0 Å². The van der Waals surface area contributed by atoms with Crippen LogP contribution in [-0.2, 0) is 18.3 Å². The largest absolute Gasteiger partial charge is 0.441 e. The number of aryl methyl sites for hydroxylation is 3. The maximum Gasteiger partial charge on any atom is 0.339 e. The number of aromatic nitrogens is 7. The molecule has 50 heavy (non-hydrogen) atoms. The van der Waals surface area contributed by atoms with Crippen molar-refractivity contribution >= 4 is 39.5 Å². The molecule has 1 saturated heterocycles. The van der Waals surface area contributed by atoms with E-state index >= 15 is 0 Å². The first-order chi connectivity index (χ1) is 24.1. The fraction of sp³-hybridized carbons (Fsp3) is 0.333. The predicted molar refractivity (Wildman–Crippen MR) is 187 cm³/mol. The fourth-order valence-corrected chi connectivity index (χ4v) is 6.72. The van der Waals surface area contributed by atoms with Gasteiger partial charge in [-0.15, -0.1) is 0 Å². The number of imidazole rings is 1. The second-order valence-electron chi connectivity index (χ2n) is 13.1. The molecule has 0 bridgehead atoms. The molecule has 1 aliphatic heterocycles. The zero-order valence-electron chi connectivity index (χ0n) is 28.1. The molecule has 4 aromatic heterocycles. The summed E-state index contributed by atoms with van der Waals surface area (Å²) in [4.78, 5) is 32.9. The maximum atomic E-state index is 13.5. The summed E-state index contributed by atoms with van der Waals surface area (Å²) in [7, 11) is 1.91. The third kappa shape index (κ3) is 6.70. The molecule has 2 aromatic carbocycles. The predicted octanol–water partition coefficient (Wildman–Crippen LogP) is 5.62. The van der Waals surface area contributed by atoms with E-state index in [-0.39, 0.29) is 19.7 Å². The van der Waals surface area contributed by atoms with Crippen molar-refractivity contribution in [1.82, 2.24) is 34.3 Å². The van der Waals surface area contributed by atoms with Crippen LogP contribution in [0.1, 0.15) is 46.3 Å². The highest BCUT2D eigenvalue weighted by molar-refractivity contribution is 5.90. The smallest absolute Gasteiger partial charge is 0.339 e. The Labute approximate surface area is 287 Å². The van der Waals surface area contributed by atoms with Gasteiger partial charge in [0, 0.05) is 43.0 Å². The lowest BCUT2D eigenvalue weighted by Crippen LogP contribution is -2.55. The van der Waals surface area contributed by atoms with Crippen LogP contribution in [0.15, 0.2) is 67.5 Å². The Balaban J connectivity index is 1.20. The molecule has 1 fully saturated rings. The van der Waals surface area contributed by atoms with Gasteiger partial charge >= 0.3 is 5.97 Å². The Morgan fingerprint density at radius 3 is 2.70 bits per heavy atom. The summed E-state index contributed by atoms with van der Waals surface area (Å²) >= 11 is 0. The standard InChI is InChI=1S/C36H38F2N10O2/c1-22-5-7-24(8-6-22)35(49)50-21-44-33-32-34(42-19-41-33)48(20-43-32)17-26-13-28(27-12-25-15-45-46(3)29(25)11-23(27)2)40-16-30(26)47-10-4-9-36(39,18-47)14-31(37)38/h5-8,11-13,15-16,19-20,31H,4,9-10,14,17-18,21,39H2,1-3H3,(H,41,42,44)/t36-/m0/s1. The molecule has 1 atom stereocenters. The van der Waals surface area contributed by atoms with Crippen LogP contribution in [0.2, 0.25) is 0 Å². The average molecular weight is 681 g/mol. The van der Waals surface area contributed by atoms with Gasteiger partial charge in [0.15, 0.2) is 23.7 Å². The van der Waals surface area contributed by atoms with Gasteiger partial charge in [-0.1, -0.05) is 17.7 Å². The van der Waals surface area contributed by atoms with Crippen molar-refractivity contribution in [3.05, 3.63) is 89.8 Å². The summed E-state index contributed by atoms with van der Waals surface area (Å²) < 4.78 is 36.2. The quantitative estimate of drug-likeness (QED) is 0.138. The molecule has 0 aliphatic carbocycles. The minimum atomic E-state index is -2.49. The van der Waals surface area contributed by atoms with Gasteiger partial charge in [0.1, 0.15) is 6.33 Å². The average Bonchev–Trinajstić information content (AvgIpc) is 3.67. The van der Waals surface area contributed by atoms with E-state index in [0.29, 0.717) is 48.5 Å². The van der Waals surface area contributed by atoms with E-state index in [9.17, 15) is 13.6 Å². The highest BCUT2D eigenvalue weighted by atomic mass is 19.3. The van der Waals surface area contributed by atoms with Crippen LogP contribution < -0.4 is 16.0 Å². The number of nitrogens with one attached hydrogen (secondary N) is 1. The zero-order chi connectivity index (χ0) is 35.0. The molecule has 7 rings (SSSR count). The van der Waals surface area contributed by atoms with E-state index in [4.69, 9.17) is 15.5 Å². The molecule has 5 heterocycles. The zero-order valence-corrected chi connectivity index (χ0v) is 28.1. The fourth-order valence-electron chi connectivity index (χ4n) is 6.72. The van der Waals surface area contributed by atoms with Crippen molar-refractivity contribution < 1.29 is 18.3 Å². The molecule has 0 spiro atoms. The molecule has 12 nitrogen and oxygen atoms in total. The summed E-state index contributed by atoms with van der Waals surface area (Å²) in [6.07, 6.45) is 5.11. The SMILES string of the molecule is Cc1ccc(C(=O)OCNc2ncnc3c2ncn3Cc2cc(-c3cc4cnn(C)c4cc3C)ncc2N2CCC[C@](N)(CC(F)F)C2)cc1. The molecule has 0 unspecified atom stereocenters. The van der Waals surface area contributed by atoms with E-state index in [1.807, 2.05) is 60.7 Å². The van der Waals surface area contributed by atoms with Crippen LogP contribution in [0.5, 0.6) is 0 Å². The highest BCUT2D eigenvalue weighted by Crippen LogP contribution is 2.34. The number of anilines is 2. The number of carbonyl (C=O) groups is 1. The lowest BCUT2D eigenvalue weighted by atomic mass is 9.86. The molecular formula is C36H38F2N10O2. The summed E-state index contributed by atoms with van der Waals surface area (Å²) in [6.45, 7) is 5.19. The lowest BCUT2D eigenvalue weighted by molar-refractivity contribution is 0.0533. The summed E-state index contributed by atoms with van der Waals surface area (Å²) in [6, 6.07) is 13.4. The number of esters is 1. The van der Waals surface area contributed by atoms with Crippen molar-refractivity contribution in [3.63, 3.8) is 0 Å². The van der Waals surface area contributed by atoms with Gasteiger partial charge in [-0.25, -0.2) is 28.5 Å². The number of hydrogen-bond donors (Lipinski definition) is 2. The number of pyridine rings is 1. The molecular weight excluding hydrogens is 642 g/mol. The number of carbonyl (C=O) groups excluding carboxylic acids is 1. The lowest BCUT2D eigenvalue weighted by Gasteiger charge is -2.42. The Kier molecular flexibility index (Phi) is 8.87. The Morgan fingerprint density at radius 1 is 1.08 bits per heavy atom. The number of nitrogens with zero attached hydrogens (tertiary/aromatic N) is 8. The highest BCUT2D eigenvalue weighted by Gasteiger charge is 2.35. The Hall–Kier alpha value is -5.50. The van der Waals surface area contributed by atoms with E-state index < -0.39 is 17.9 Å². The van der Waals surface area contributed by atoms with E-state index in [0.717, 1.165) is 44.5 Å². The van der Waals surface area contributed by atoms with Crippen LogP contribution >= 0.6 is 0 Å². The molecule has 258 valence electrons. The number of halogens is 2. The molecule has 0 saturated carbocycles.